The lowest BCUT2D eigenvalue weighted by atomic mass is 10.3. The SMILES string of the molecule is COC(=O)c1cnc(OCC(F)(F)F)c(F)c1. The summed E-state index contributed by atoms with van der Waals surface area (Å²) in [5, 5.41) is 0. The maximum absolute atomic E-state index is 13.2. The Morgan fingerprint density at radius 2 is 2.12 bits per heavy atom. The summed E-state index contributed by atoms with van der Waals surface area (Å²) in [6, 6.07) is 0.685. The molecule has 0 fully saturated rings. The topological polar surface area (TPSA) is 48.4 Å². The zero-order chi connectivity index (χ0) is 13.1. The van der Waals surface area contributed by atoms with Gasteiger partial charge in [0.25, 0.3) is 5.88 Å². The second kappa shape index (κ2) is 4.98. The van der Waals surface area contributed by atoms with E-state index in [1.54, 1.807) is 0 Å². The molecular formula is C9H7F4NO3. The lowest BCUT2D eigenvalue weighted by molar-refractivity contribution is -0.154. The van der Waals surface area contributed by atoms with E-state index in [0.717, 1.165) is 13.3 Å². The molecule has 0 amide bonds. The molecule has 4 nitrogen and oxygen atoms in total. The number of esters is 1. The lowest BCUT2D eigenvalue weighted by Gasteiger charge is -2.09. The van der Waals surface area contributed by atoms with E-state index < -0.39 is 30.4 Å². The molecule has 94 valence electrons. The number of pyridine rings is 1. The van der Waals surface area contributed by atoms with E-state index in [2.05, 4.69) is 14.5 Å². The van der Waals surface area contributed by atoms with Crippen molar-refractivity contribution in [3.63, 3.8) is 0 Å². The van der Waals surface area contributed by atoms with Gasteiger partial charge in [-0.1, -0.05) is 0 Å². The highest BCUT2D eigenvalue weighted by Gasteiger charge is 2.29. The fraction of sp³-hybridized carbons (Fsp3) is 0.333. The van der Waals surface area contributed by atoms with Gasteiger partial charge >= 0.3 is 12.1 Å². The first-order valence-electron chi connectivity index (χ1n) is 4.27. The minimum Gasteiger partial charge on any atom is -0.466 e. The summed E-state index contributed by atoms with van der Waals surface area (Å²) in [7, 11) is 1.08. The number of alkyl halides is 3. The van der Waals surface area contributed by atoms with Crippen LogP contribution in [0.5, 0.6) is 5.88 Å². The van der Waals surface area contributed by atoms with E-state index in [1.807, 2.05) is 0 Å². The van der Waals surface area contributed by atoms with E-state index in [1.165, 1.54) is 0 Å². The van der Waals surface area contributed by atoms with Crippen LogP contribution in [0.25, 0.3) is 0 Å². The van der Waals surface area contributed by atoms with Crippen molar-refractivity contribution in [2.45, 2.75) is 6.18 Å². The maximum atomic E-state index is 13.2. The van der Waals surface area contributed by atoms with Crippen LogP contribution in [-0.2, 0) is 4.74 Å². The average Bonchev–Trinajstić information content (AvgIpc) is 2.25. The number of carbonyl (C=O) groups excluding carboxylic acids is 1. The van der Waals surface area contributed by atoms with Crippen LogP contribution in [0.1, 0.15) is 10.4 Å². The average molecular weight is 253 g/mol. The Bertz CT molecular complexity index is 419. The third kappa shape index (κ3) is 3.89. The van der Waals surface area contributed by atoms with Crippen LogP contribution in [-0.4, -0.2) is 30.8 Å². The number of methoxy groups -OCH3 is 1. The number of halogens is 4. The van der Waals surface area contributed by atoms with Gasteiger partial charge in [0.05, 0.1) is 12.7 Å². The maximum Gasteiger partial charge on any atom is 0.422 e. The van der Waals surface area contributed by atoms with Crippen LogP contribution < -0.4 is 4.74 Å². The van der Waals surface area contributed by atoms with Gasteiger partial charge in [0.15, 0.2) is 12.4 Å². The molecule has 0 aliphatic carbocycles. The summed E-state index contributed by atoms with van der Waals surface area (Å²) in [6.07, 6.45) is -3.73. The first-order chi connectivity index (χ1) is 7.83. The van der Waals surface area contributed by atoms with Crippen molar-refractivity contribution in [2.75, 3.05) is 13.7 Å². The van der Waals surface area contributed by atoms with Crippen LogP contribution in [0.2, 0.25) is 0 Å². The van der Waals surface area contributed by atoms with Crippen molar-refractivity contribution in [2.24, 2.45) is 0 Å². The summed E-state index contributed by atoms with van der Waals surface area (Å²) >= 11 is 0. The zero-order valence-electron chi connectivity index (χ0n) is 8.55. The van der Waals surface area contributed by atoms with Gasteiger partial charge < -0.3 is 9.47 Å². The fourth-order valence-corrected chi connectivity index (χ4v) is 0.911. The minimum atomic E-state index is -4.59. The van der Waals surface area contributed by atoms with Gasteiger partial charge in [-0.2, -0.15) is 13.2 Å². The van der Waals surface area contributed by atoms with E-state index >= 15 is 0 Å². The molecule has 1 aromatic rings. The van der Waals surface area contributed by atoms with Gasteiger partial charge in [0.1, 0.15) is 0 Å². The normalized spacial score (nSPS) is 11.1. The van der Waals surface area contributed by atoms with Gasteiger partial charge in [-0.3, -0.25) is 0 Å². The molecule has 0 N–H and O–H groups in total. The van der Waals surface area contributed by atoms with Crippen LogP contribution in [0.4, 0.5) is 17.6 Å². The van der Waals surface area contributed by atoms with Gasteiger partial charge in [-0.15, -0.1) is 0 Å². The molecule has 0 saturated carbocycles. The summed E-state index contributed by atoms with van der Waals surface area (Å²) in [5.41, 5.74) is -0.218. The summed E-state index contributed by atoms with van der Waals surface area (Å²) in [5.74, 6) is -2.84. The molecule has 0 radical (unpaired) electrons. The number of hydrogen-bond donors (Lipinski definition) is 0. The number of hydrogen-bond acceptors (Lipinski definition) is 4. The Balaban J connectivity index is 2.80. The van der Waals surface area contributed by atoms with E-state index in [4.69, 9.17) is 0 Å². The van der Waals surface area contributed by atoms with Crippen LogP contribution in [0.15, 0.2) is 12.3 Å². The molecular weight excluding hydrogens is 246 g/mol. The molecule has 1 rings (SSSR count). The molecule has 0 aromatic carbocycles. The first-order valence-corrected chi connectivity index (χ1v) is 4.27. The molecule has 0 unspecified atom stereocenters. The third-order valence-electron chi connectivity index (χ3n) is 1.60. The predicted molar refractivity (Wildman–Crippen MR) is 47.1 cm³/mol. The number of carbonyl (C=O) groups is 1. The zero-order valence-corrected chi connectivity index (χ0v) is 8.55. The quantitative estimate of drug-likeness (QED) is 0.610. The van der Waals surface area contributed by atoms with Crippen molar-refractivity contribution in [3.8, 4) is 5.88 Å². The van der Waals surface area contributed by atoms with Crippen molar-refractivity contribution in [1.82, 2.24) is 4.98 Å². The Kier molecular flexibility index (Phi) is 3.87. The third-order valence-corrected chi connectivity index (χ3v) is 1.60. The molecule has 8 heteroatoms. The van der Waals surface area contributed by atoms with E-state index in [9.17, 15) is 22.4 Å². The number of aromatic nitrogens is 1. The fourth-order valence-electron chi connectivity index (χ4n) is 0.911. The highest BCUT2D eigenvalue weighted by atomic mass is 19.4. The predicted octanol–water partition coefficient (Wildman–Crippen LogP) is 1.95. The summed E-state index contributed by atoms with van der Waals surface area (Å²) in [4.78, 5) is 14.2. The van der Waals surface area contributed by atoms with Crippen molar-refractivity contribution in [3.05, 3.63) is 23.6 Å². The highest BCUT2D eigenvalue weighted by Crippen LogP contribution is 2.19. The van der Waals surface area contributed by atoms with Gasteiger partial charge in [-0.05, 0) is 6.07 Å². The highest BCUT2D eigenvalue weighted by molar-refractivity contribution is 5.88. The molecule has 0 bridgehead atoms. The number of rotatable bonds is 3. The summed E-state index contributed by atoms with van der Waals surface area (Å²) < 4.78 is 56.9. The molecule has 0 aliphatic heterocycles. The molecule has 17 heavy (non-hydrogen) atoms. The van der Waals surface area contributed by atoms with Crippen molar-refractivity contribution < 1.29 is 31.8 Å². The molecule has 0 atom stereocenters. The molecule has 0 spiro atoms. The lowest BCUT2D eigenvalue weighted by Crippen LogP contribution is -2.20. The van der Waals surface area contributed by atoms with Crippen LogP contribution >= 0.6 is 0 Å². The van der Waals surface area contributed by atoms with E-state index in [-0.39, 0.29) is 5.56 Å². The van der Waals surface area contributed by atoms with Crippen molar-refractivity contribution >= 4 is 5.97 Å². The second-order valence-corrected chi connectivity index (χ2v) is 2.91. The van der Waals surface area contributed by atoms with E-state index in [0.29, 0.717) is 6.07 Å². The Morgan fingerprint density at radius 1 is 1.47 bits per heavy atom. The van der Waals surface area contributed by atoms with Gasteiger partial charge in [0, 0.05) is 6.20 Å². The Labute approximate surface area is 93.2 Å². The molecule has 0 saturated heterocycles. The van der Waals surface area contributed by atoms with Gasteiger partial charge in [0.2, 0.25) is 0 Å². The Hall–Kier alpha value is -1.86. The largest absolute Gasteiger partial charge is 0.466 e. The Morgan fingerprint density at radius 3 is 2.59 bits per heavy atom. The van der Waals surface area contributed by atoms with Crippen LogP contribution in [0.3, 0.4) is 0 Å². The standard InChI is InChI=1S/C9H7F4NO3/c1-16-8(15)5-2-6(10)7(14-3-5)17-4-9(11,12)13/h2-3H,4H2,1H3. The second-order valence-electron chi connectivity index (χ2n) is 2.91. The number of ether oxygens (including phenoxy) is 2. The molecule has 1 aromatic heterocycles. The van der Waals surface area contributed by atoms with Gasteiger partial charge in [-0.25, -0.2) is 14.2 Å². The summed E-state index contributed by atoms with van der Waals surface area (Å²) in [6.45, 7) is -1.66. The van der Waals surface area contributed by atoms with Crippen LogP contribution in [0, 0.1) is 5.82 Å². The monoisotopic (exact) mass is 253 g/mol. The smallest absolute Gasteiger partial charge is 0.422 e. The minimum absolute atomic E-state index is 0.218. The van der Waals surface area contributed by atoms with Crippen molar-refractivity contribution in [1.29, 1.82) is 0 Å². The molecule has 0 aliphatic rings. The number of nitrogens with zero attached hydrogens (tertiary/aromatic N) is 1. The molecule has 1 heterocycles. The first kappa shape index (κ1) is 13.2.